The van der Waals surface area contributed by atoms with Crippen LogP contribution in [0.5, 0.6) is 0 Å². The Morgan fingerprint density at radius 2 is 1.55 bits per heavy atom. The second kappa shape index (κ2) is 16.1. The van der Waals surface area contributed by atoms with Gasteiger partial charge in [0.05, 0.1) is 22.5 Å². The van der Waals surface area contributed by atoms with E-state index in [4.69, 9.17) is 18.6 Å². The van der Waals surface area contributed by atoms with Crippen molar-refractivity contribution < 1.29 is 33.1 Å². The van der Waals surface area contributed by atoms with E-state index in [0.29, 0.717) is 37.2 Å². The number of ether oxygens (including phenoxy) is 3. The topological polar surface area (TPSA) is 114 Å². The number of carbonyl (C=O) groups excluding carboxylic acids is 2. The van der Waals surface area contributed by atoms with Crippen molar-refractivity contribution in [2.45, 2.75) is 111 Å². The monoisotopic (exact) mass is 807 g/mol. The van der Waals surface area contributed by atoms with Crippen molar-refractivity contribution in [2.24, 2.45) is 46.3 Å². The van der Waals surface area contributed by atoms with E-state index >= 15 is 4.79 Å². The van der Waals surface area contributed by atoms with E-state index in [9.17, 15) is 14.9 Å². The lowest BCUT2D eigenvalue weighted by atomic mass is 9.47. The minimum absolute atomic E-state index is 0.1000. The summed E-state index contributed by atoms with van der Waals surface area (Å²) in [6, 6.07) is 26.5. The minimum Gasteiger partial charge on any atom is -0.458 e. The summed E-state index contributed by atoms with van der Waals surface area (Å²) in [6.45, 7) is 18.2. The van der Waals surface area contributed by atoms with E-state index in [2.05, 4.69) is 116 Å². The summed E-state index contributed by atoms with van der Waals surface area (Å²) < 4.78 is 27.9. The molecule has 3 aromatic carbocycles. The van der Waals surface area contributed by atoms with Crippen LogP contribution in [0.4, 0.5) is 5.69 Å². The molecule has 0 radical (unpaired) electrons. The first kappa shape index (κ1) is 42.0. The Labute approximate surface area is 345 Å². The molecule has 310 valence electrons. The number of nitro benzene ring substituents is 1. The first-order valence-electron chi connectivity index (χ1n) is 21.3. The van der Waals surface area contributed by atoms with Gasteiger partial charge < -0.3 is 18.6 Å². The lowest BCUT2D eigenvalue weighted by Gasteiger charge is -2.56. The maximum Gasteiger partial charge on any atom is 0.338 e. The van der Waals surface area contributed by atoms with E-state index in [1.807, 2.05) is 12.1 Å². The maximum absolute atomic E-state index is 15.1. The second-order valence-electron chi connectivity index (χ2n) is 19.5. The lowest BCUT2D eigenvalue weighted by molar-refractivity contribution is -0.384. The third-order valence-corrected chi connectivity index (χ3v) is 19.1. The molecule has 1 heterocycles. The zero-order chi connectivity index (χ0) is 41.6. The van der Waals surface area contributed by atoms with Gasteiger partial charge in [-0.1, -0.05) is 135 Å². The summed E-state index contributed by atoms with van der Waals surface area (Å²) in [5, 5.41) is 13.5. The van der Waals surface area contributed by atoms with Crippen molar-refractivity contribution in [3.05, 3.63) is 113 Å². The maximum atomic E-state index is 15.1. The molecule has 0 unspecified atom stereocenters. The van der Waals surface area contributed by atoms with Gasteiger partial charge in [-0.15, -0.1) is 0 Å². The molecule has 4 aliphatic rings. The fourth-order valence-corrected chi connectivity index (χ4v) is 15.8. The Morgan fingerprint density at radius 1 is 0.931 bits per heavy atom. The zero-order valence-corrected chi connectivity index (χ0v) is 36.4. The van der Waals surface area contributed by atoms with Crippen LogP contribution < -0.4 is 10.4 Å². The molecule has 58 heavy (non-hydrogen) atoms. The van der Waals surface area contributed by atoms with Crippen LogP contribution >= 0.6 is 0 Å². The predicted octanol–water partition coefficient (Wildman–Crippen LogP) is 9.28. The molecule has 0 amide bonds. The van der Waals surface area contributed by atoms with Gasteiger partial charge in [0.2, 0.25) is 6.29 Å². The van der Waals surface area contributed by atoms with Crippen LogP contribution in [0.15, 0.2) is 97.1 Å². The average molecular weight is 808 g/mol. The molecule has 2 saturated carbocycles. The molecule has 0 N–H and O–H groups in total. The number of allylic oxidation sites excluding steroid dienone is 1. The highest BCUT2D eigenvalue weighted by molar-refractivity contribution is 6.99. The summed E-state index contributed by atoms with van der Waals surface area (Å²) in [4.78, 5) is 40.1. The van der Waals surface area contributed by atoms with Crippen LogP contribution in [0.2, 0.25) is 5.04 Å². The highest BCUT2D eigenvalue weighted by atomic mass is 28.4. The van der Waals surface area contributed by atoms with E-state index in [1.165, 1.54) is 24.3 Å². The highest BCUT2D eigenvalue weighted by Crippen LogP contribution is 2.65. The van der Waals surface area contributed by atoms with Gasteiger partial charge in [-0.2, -0.15) is 0 Å². The Kier molecular flexibility index (Phi) is 11.7. The normalized spacial score (nSPS) is 30.6. The number of esters is 2. The fraction of sp³-hybridized carbons (Fsp3) is 0.542. The van der Waals surface area contributed by atoms with Crippen molar-refractivity contribution in [1.82, 2.24) is 0 Å². The number of nitrogens with zero attached hydrogens (tertiary/aromatic N) is 1. The molecule has 0 aromatic heterocycles. The number of hydrogen-bond acceptors (Lipinski definition) is 8. The van der Waals surface area contributed by atoms with Gasteiger partial charge >= 0.3 is 11.9 Å². The molecule has 1 saturated heterocycles. The van der Waals surface area contributed by atoms with Crippen LogP contribution in [-0.2, 0) is 23.4 Å². The SMILES string of the molecule is CC(C)[C@H]1CC[C@H](C)C[C@@H]1O[C@H]1OC(=O)[C@@]23[C@@H]1[C@@H](CO[Si](c1ccccc1)(c1ccccc1)C(C)(C)C)C=C[C@H]2C(C)(C)CC[C@@H]3OC(=O)c1ccc([N+](=O)[O-])cc1. The number of nitro groups is 1. The van der Waals surface area contributed by atoms with Crippen LogP contribution in [-0.4, -0.2) is 50.3 Å². The first-order valence-corrected chi connectivity index (χ1v) is 23.2. The van der Waals surface area contributed by atoms with Gasteiger partial charge in [0.1, 0.15) is 11.5 Å². The number of carbonyl (C=O) groups is 2. The van der Waals surface area contributed by atoms with Crippen molar-refractivity contribution in [3.8, 4) is 0 Å². The third-order valence-electron chi connectivity index (χ3n) is 14.1. The molecule has 7 rings (SSSR count). The first-order chi connectivity index (χ1) is 27.5. The Morgan fingerprint density at radius 3 is 2.12 bits per heavy atom. The van der Waals surface area contributed by atoms with Gasteiger partial charge in [-0.25, -0.2) is 4.79 Å². The van der Waals surface area contributed by atoms with Crippen molar-refractivity contribution in [2.75, 3.05) is 6.61 Å². The molecule has 9 nitrogen and oxygen atoms in total. The molecule has 3 fully saturated rings. The van der Waals surface area contributed by atoms with Gasteiger partial charge in [0, 0.05) is 30.6 Å². The number of benzene rings is 3. The molecule has 0 bridgehead atoms. The lowest BCUT2D eigenvalue weighted by Crippen LogP contribution is -2.67. The minimum atomic E-state index is -3.00. The van der Waals surface area contributed by atoms with Crippen LogP contribution in [0.25, 0.3) is 0 Å². The summed E-state index contributed by atoms with van der Waals surface area (Å²) in [7, 11) is -3.00. The van der Waals surface area contributed by atoms with Gasteiger partial charge in [0.25, 0.3) is 14.0 Å². The van der Waals surface area contributed by atoms with Crippen molar-refractivity contribution >= 4 is 36.3 Å². The Bertz CT molecular complexity index is 1940. The second-order valence-corrected chi connectivity index (χ2v) is 23.8. The molecular formula is C48H61NO8Si. The number of rotatable bonds is 11. The van der Waals surface area contributed by atoms with E-state index in [1.54, 1.807) is 0 Å². The number of cyclic esters (lactones) is 1. The standard InChI is InChI=1S/C48H61NO8Si/c1-31(2)38-25-19-32(3)29-39(38)55-44-42-34(30-54-58(46(4,5)6,36-15-11-9-12-16-36)37-17-13-10-14-18-37)22-26-40-47(7,8)28-27-41(48(40,42)45(51)57-44)56-43(50)33-20-23-35(24-21-33)49(52)53/h9-18,20-24,26,31-32,34,38-42,44H,19,25,27-30H2,1-8H3/t32-,34+,38+,39-,40-,41-,42+,44-,48-/m0/s1. The Hall–Kier alpha value is -4.12. The molecule has 3 aliphatic carbocycles. The fourth-order valence-electron chi connectivity index (χ4n) is 11.2. The predicted molar refractivity (Wildman–Crippen MR) is 227 cm³/mol. The van der Waals surface area contributed by atoms with Gasteiger partial charge in [-0.3, -0.25) is 14.9 Å². The van der Waals surface area contributed by atoms with Crippen molar-refractivity contribution in [3.63, 3.8) is 0 Å². The smallest absolute Gasteiger partial charge is 0.338 e. The molecule has 10 heteroatoms. The number of non-ortho nitro benzene ring substituents is 1. The van der Waals surface area contributed by atoms with Gasteiger partial charge in [-0.05, 0) is 76.4 Å². The summed E-state index contributed by atoms with van der Waals surface area (Å²) in [6.07, 6.45) is 6.82. The quantitative estimate of drug-likeness (QED) is 0.0620. The van der Waals surface area contributed by atoms with Gasteiger partial charge in [0.15, 0.2) is 0 Å². The summed E-state index contributed by atoms with van der Waals surface area (Å²) >= 11 is 0. The molecule has 9 atom stereocenters. The molecular weight excluding hydrogens is 747 g/mol. The third kappa shape index (κ3) is 7.38. The zero-order valence-electron chi connectivity index (χ0n) is 35.4. The molecule has 1 aliphatic heterocycles. The van der Waals surface area contributed by atoms with E-state index in [-0.39, 0.29) is 39.6 Å². The largest absolute Gasteiger partial charge is 0.458 e. The summed E-state index contributed by atoms with van der Waals surface area (Å²) in [5.41, 5.74) is -1.52. The van der Waals surface area contributed by atoms with Crippen LogP contribution in [0.3, 0.4) is 0 Å². The average Bonchev–Trinajstić information content (AvgIpc) is 3.47. The highest BCUT2D eigenvalue weighted by Gasteiger charge is 2.73. The van der Waals surface area contributed by atoms with Crippen LogP contribution in [0, 0.1) is 56.5 Å². The molecule has 1 spiro atoms. The summed E-state index contributed by atoms with van der Waals surface area (Å²) in [5.74, 6) is -0.999. The van der Waals surface area contributed by atoms with E-state index in [0.717, 1.165) is 29.6 Å². The van der Waals surface area contributed by atoms with E-state index < -0.39 is 48.9 Å². The molecule has 3 aromatic rings. The van der Waals surface area contributed by atoms with Crippen LogP contribution in [0.1, 0.15) is 97.9 Å². The number of hydrogen-bond donors (Lipinski definition) is 0. The van der Waals surface area contributed by atoms with Crippen molar-refractivity contribution in [1.29, 1.82) is 0 Å². The Balaban J connectivity index is 1.34.